The maximum absolute atomic E-state index is 14.5. The fourth-order valence-electron chi connectivity index (χ4n) is 8.22. The Kier molecular flexibility index (Phi) is 10.1. The van der Waals surface area contributed by atoms with Gasteiger partial charge in [0.25, 0.3) is 11.8 Å². The first-order valence-corrected chi connectivity index (χ1v) is 19.9. The highest BCUT2D eigenvalue weighted by atomic mass is 79.9. The summed E-state index contributed by atoms with van der Waals surface area (Å²) < 4.78 is 16.9. The van der Waals surface area contributed by atoms with Gasteiger partial charge in [0, 0.05) is 16.0 Å². The Hall–Kier alpha value is -3.36. The average molecular weight is 954 g/mol. The Labute approximate surface area is 340 Å². The van der Waals surface area contributed by atoms with Gasteiger partial charge >= 0.3 is 0 Å². The molecule has 7 rings (SSSR count). The molecule has 3 aromatic rings. The van der Waals surface area contributed by atoms with Crippen LogP contribution in [0.5, 0.6) is 23.0 Å². The van der Waals surface area contributed by atoms with Crippen molar-refractivity contribution in [2.75, 3.05) is 31.7 Å². The molecule has 0 aromatic heterocycles. The van der Waals surface area contributed by atoms with Crippen molar-refractivity contribution in [2.45, 2.75) is 28.5 Å². The third kappa shape index (κ3) is 5.58. The highest BCUT2D eigenvalue weighted by molar-refractivity contribution is 9.13. The van der Waals surface area contributed by atoms with Crippen LogP contribution in [0.1, 0.15) is 35.4 Å². The Morgan fingerprint density at radius 1 is 0.868 bits per heavy atom. The number of likely N-dealkylation sites (tertiary alicyclic amines) is 1. The molecule has 0 radical (unpaired) electrons. The average Bonchev–Trinajstić information content (AvgIpc) is 3.50. The van der Waals surface area contributed by atoms with Crippen molar-refractivity contribution >= 4 is 112 Å². The van der Waals surface area contributed by atoms with E-state index in [4.69, 9.17) is 37.4 Å². The molecule has 4 aliphatic rings. The predicted octanol–water partition coefficient (Wildman–Crippen LogP) is 8.03. The lowest BCUT2D eigenvalue weighted by Crippen LogP contribution is -2.60. The van der Waals surface area contributed by atoms with Crippen molar-refractivity contribution in [1.29, 1.82) is 0 Å². The largest absolute Gasteiger partial charge is 0.503 e. The molecule has 0 spiro atoms. The van der Waals surface area contributed by atoms with Crippen molar-refractivity contribution in [1.82, 2.24) is 4.90 Å². The number of alkyl halides is 3. The third-order valence-corrected chi connectivity index (χ3v) is 14.8. The minimum atomic E-state index is -2.03. The van der Waals surface area contributed by atoms with Gasteiger partial charge in [0.1, 0.15) is 11.5 Å². The summed E-state index contributed by atoms with van der Waals surface area (Å²) in [7, 11) is 4.56. The van der Waals surface area contributed by atoms with E-state index in [1.54, 1.807) is 26.4 Å². The molecule has 2 saturated heterocycles. The minimum absolute atomic E-state index is 0.0836. The minimum Gasteiger partial charge on any atom is -0.503 e. The number of imide groups is 2. The molecule has 2 aliphatic heterocycles. The van der Waals surface area contributed by atoms with Crippen molar-refractivity contribution in [3.63, 3.8) is 0 Å². The summed E-state index contributed by atoms with van der Waals surface area (Å²) in [5, 5.41) is 10.8. The highest BCUT2D eigenvalue weighted by Gasteiger charge is 2.76. The fourth-order valence-corrected chi connectivity index (χ4v) is 10.6. The Morgan fingerprint density at radius 3 is 2.21 bits per heavy atom. The lowest BCUT2D eigenvalue weighted by atomic mass is 9.56. The van der Waals surface area contributed by atoms with E-state index >= 15 is 0 Å². The number of allylic oxidation sites excluding steroid dienone is 2. The molecule has 276 valence electrons. The van der Waals surface area contributed by atoms with Gasteiger partial charge in [0.2, 0.25) is 11.8 Å². The number of carbonyl (C=O) groups is 4. The molecule has 1 saturated carbocycles. The zero-order valence-corrected chi connectivity index (χ0v) is 34.6. The number of nitrogens with zero attached hydrogens (tertiary/aromatic N) is 2. The van der Waals surface area contributed by atoms with Gasteiger partial charge in [-0.1, -0.05) is 51.9 Å². The molecule has 0 bridgehead atoms. The van der Waals surface area contributed by atoms with Crippen LogP contribution in [0.3, 0.4) is 0 Å². The molecule has 6 unspecified atom stereocenters. The van der Waals surface area contributed by atoms with Gasteiger partial charge in [-0.15, -0.1) is 23.2 Å². The van der Waals surface area contributed by atoms with Crippen LogP contribution in [-0.2, 0) is 19.2 Å². The number of rotatable bonds is 8. The monoisotopic (exact) mass is 950 g/mol. The Morgan fingerprint density at radius 2 is 1.57 bits per heavy atom. The molecular formula is C38H31Br3Cl2N2O8. The highest BCUT2D eigenvalue weighted by Crippen LogP contribution is 2.67. The number of hydrogen-bond donors (Lipinski definition) is 1. The molecule has 6 atom stereocenters. The van der Waals surface area contributed by atoms with Crippen LogP contribution in [0.15, 0.2) is 69.1 Å². The molecule has 3 fully saturated rings. The van der Waals surface area contributed by atoms with Gasteiger partial charge in [0.15, 0.2) is 21.2 Å². The van der Waals surface area contributed by atoms with E-state index in [-0.39, 0.29) is 40.2 Å². The molecule has 4 amide bonds. The zero-order chi connectivity index (χ0) is 38.1. The van der Waals surface area contributed by atoms with E-state index in [9.17, 15) is 24.3 Å². The number of halogens is 5. The van der Waals surface area contributed by atoms with Crippen LogP contribution in [0.25, 0.3) is 12.2 Å². The first-order chi connectivity index (χ1) is 25.3. The van der Waals surface area contributed by atoms with Crippen molar-refractivity contribution in [3.05, 3.63) is 85.8 Å². The lowest BCUT2D eigenvalue weighted by molar-refractivity contribution is -0.138. The standard InChI is InChI=1S/C38H31Br3Cl2N2O8/c1-51-21-10-13-26(52-2)19(14-21)7-4-18-5-8-20(9-6-18)45-33(47)23-12-11-22-25(28(23)34(45)48)16-37(42)35(49)44(17-39)36(50)38(37,43)29(22)24-15-27(53-3)32(46)31(41)30(24)40/h4-11,13-15,23,25,28-29,46H,12,16-17H2,1-3H3. The number of hydrogen-bond acceptors (Lipinski definition) is 8. The van der Waals surface area contributed by atoms with Gasteiger partial charge in [-0.05, 0) is 98.1 Å². The fraction of sp³-hybridized carbons (Fsp3) is 0.316. The van der Waals surface area contributed by atoms with Gasteiger partial charge in [0.05, 0.1) is 48.8 Å². The molecule has 3 aromatic carbocycles. The van der Waals surface area contributed by atoms with Gasteiger partial charge in [-0.25, -0.2) is 0 Å². The Balaban J connectivity index is 1.27. The summed E-state index contributed by atoms with van der Waals surface area (Å²) in [4.78, 5) is 54.9. The Bertz CT molecular complexity index is 2150. The maximum Gasteiger partial charge on any atom is 0.254 e. The van der Waals surface area contributed by atoms with Crippen LogP contribution in [0.2, 0.25) is 0 Å². The van der Waals surface area contributed by atoms with Crippen molar-refractivity contribution in [3.8, 4) is 23.0 Å². The number of benzene rings is 3. The number of ether oxygens (including phenoxy) is 3. The van der Waals surface area contributed by atoms with E-state index < -0.39 is 51.1 Å². The maximum atomic E-state index is 14.5. The number of fused-ring (bicyclic) bond motifs is 4. The molecule has 53 heavy (non-hydrogen) atoms. The summed E-state index contributed by atoms with van der Waals surface area (Å²) in [5.74, 6) is -4.38. The van der Waals surface area contributed by atoms with Crippen molar-refractivity contribution < 1.29 is 38.5 Å². The van der Waals surface area contributed by atoms with Crippen LogP contribution < -0.4 is 19.1 Å². The first kappa shape index (κ1) is 37.9. The second-order valence-corrected chi connectivity index (χ2v) is 16.5. The van der Waals surface area contributed by atoms with Crippen molar-refractivity contribution in [2.24, 2.45) is 17.8 Å². The van der Waals surface area contributed by atoms with E-state index in [1.807, 2.05) is 48.6 Å². The predicted molar refractivity (Wildman–Crippen MR) is 211 cm³/mol. The number of methoxy groups -OCH3 is 3. The second-order valence-electron chi connectivity index (χ2n) is 13.2. The first-order valence-electron chi connectivity index (χ1n) is 16.4. The number of aromatic hydroxyl groups is 1. The second kappa shape index (κ2) is 14.1. The summed E-state index contributed by atoms with van der Waals surface area (Å²) in [6.07, 6.45) is 5.65. The molecular weight excluding hydrogens is 923 g/mol. The lowest BCUT2D eigenvalue weighted by Gasteiger charge is -2.51. The van der Waals surface area contributed by atoms with Gasteiger partial charge in [-0.3, -0.25) is 29.0 Å². The smallest absolute Gasteiger partial charge is 0.254 e. The topological polar surface area (TPSA) is 123 Å². The van der Waals surface area contributed by atoms with Crippen LogP contribution in [0, 0.1) is 17.8 Å². The molecule has 1 N–H and O–H groups in total. The number of carbonyl (C=O) groups excluding carboxylic acids is 4. The third-order valence-electron chi connectivity index (χ3n) is 10.8. The van der Waals surface area contributed by atoms with Crippen LogP contribution >= 0.6 is 71.0 Å². The number of phenols is 1. The summed E-state index contributed by atoms with van der Waals surface area (Å²) in [5.41, 5.74) is 2.89. The van der Waals surface area contributed by atoms with E-state index in [1.165, 1.54) is 18.1 Å². The summed E-state index contributed by atoms with van der Waals surface area (Å²) >= 11 is 25.0. The van der Waals surface area contributed by atoms with E-state index in [0.29, 0.717) is 32.8 Å². The molecule has 2 heterocycles. The van der Waals surface area contributed by atoms with E-state index in [2.05, 4.69) is 47.8 Å². The zero-order valence-electron chi connectivity index (χ0n) is 28.4. The number of phenolic OH excluding ortho intramolecular Hbond substituents is 1. The summed E-state index contributed by atoms with van der Waals surface area (Å²) in [6.45, 7) is 0. The van der Waals surface area contributed by atoms with Gasteiger partial charge < -0.3 is 19.3 Å². The molecule has 15 heteroatoms. The SMILES string of the molecule is COc1ccc(OC)c(C=Cc2ccc(N3C(=O)C4CC=C5C(CC6(Cl)C(=O)N(CBr)C(=O)C6(Cl)C5c5cc(OC)c(O)c(Br)c5Br)C4C3=O)cc2)c1. The number of anilines is 1. The molecule has 2 aliphatic carbocycles. The van der Waals surface area contributed by atoms with Crippen LogP contribution in [0.4, 0.5) is 5.69 Å². The van der Waals surface area contributed by atoms with Gasteiger partial charge in [-0.2, -0.15) is 0 Å². The quantitative estimate of drug-likeness (QED) is 0.0793. The number of amides is 4. The summed E-state index contributed by atoms with van der Waals surface area (Å²) in [6, 6.07) is 14.1. The van der Waals surface area contributed by atoms with Crippen LogP contribution in [-0.4, -0.2) is 70.2 Å². The van der Waals surface area contributed by atoms with E-state index in [0.717, 1.165) is 16.0 Å². The molecule has 10 nitrogen and oxygen atoms in total. The normalized spacial score (nSPS) is 27.9.